The van der Waals surface area contributed by atoms with Crippen LogP contribution in [-0.4, -0.2) is 14.2 Å². The maximum atomic E-state index is 5.26. The van der Waals surface area contributed by atoms with Crippen molar-refractivity contribution >= 4 is 22.7 Å². The Morgan fingerprint density at radius 3 is 1.27 bits per heavy atom. The number of aryl methyl sites for hydroxylation is 2. The van der Waals surface area contributed by atoms with Crippen molar-refractivity contribution in [2.24, 2.45) is 0 Å². The Balaban J connectivity index is 1.41. The largest absolute Gasteiger partial charge is 0.379 e. The van der Waals surface area contributed by atoms with Crippen molar-refractivity contribution in [1.29, 1.82) is 0 Å². The molecule has 0 fully saturated rings. The van der Waals surface area contributed by atoms with E-state index in [4.69, 9.17) is 9.47 Å². The number of nitrogens with zero attached hydrogens (tertiary/aromatic N) is 2. The minimum absolute atomic E-state index is 0.741. The zero-order valence-corrected chi connectivity index (χ0v) is 21.2. The van der Waals surface area contributed by atoms with Gasteiger partial charge < -0.3 is 9.47 Å². The first kappa shape index (κ1) is 25.4. The van der Waals surface area contributed by atoms with Crippen molar-refractivity contribution in [2.45, 2.75) is 104 Å². The van der Waals surface area contributed by atoms with Crippen LogP contribution in [0.4, 0.5) is 0 Å². The molecule has 0 bridgehead atoms. The lowest BCUT2D eigenvalue weighted by Crippen LogP contribution is -2.34. The van der Waals surface area contributed by atoms with E-state index < -0.39 is 0 Å². The molecule has 2 rings (SSSR count). The molecule has 2 aromatic rings. The Bertz CT molecular complexity index is 652. The number of thiazole rings is 2. The zero-order valence-electron chi connectivity index (χ0n) is 19.6. The fourth-order valence-corrected chi connectivity index (χ4v) is 5.85. The lowest BCUT2D eigenvalue weighted by atomic mass is 10.1. The second-order valence-corrected chi connectivity index (χ2v) is 10.1. The lowest BCUT2D eigenvalue weighted by molar-refractivity contribution is -0.698. The molecule has 0 unspecified atom stereocenters. The Morgan fingerprint density at radius 1 is 0.600 bits per heavy atom. The molecule has 0 amide bonds. The second-order valence-electron chi connectivity index (χ2n) is 8.25. The quantitative estimate of drug-likeness (QED) is 0.220. The molecule has 0 aliphatic carbocycles. The van der Waals surface area contributed by atoms with E-state index in [0.717, 1.165) is 26.3 Å². The van der Waals surface area contributed by atoms with Crippen molar-refractivity contribution in [3.05, 3.63) is 32.2 Å². The number of hydrogen-bond donors (Lipinski definition) is 0. The maximum Gasteiger partial charge on any atom is 0.225 e. The highest BCUT2D eigenvalue weighted by Crippen LogP contribution is 2.15. The van der Waals surface area contributed by atoms with Gasteiger partial charge in [0.2, 0.25) is 11.0 Å². The smallest absolute Gasteiger partial charge is 0.225 e. The molecule has 30 heavy (non-hydrogen) atoms. The lowest BCUT2D eigenvalue weighted by Gasteiger charge is -2.02. The van der Waals surface area contributed by atoms with Crippen molar-refractivity contribution in [3.63, 3.8) is 0 Å². The van der Waals surface area contributed by atoms with Crippen LogP contribution in [-0.2, 0) is 35.8 Å². The number of methoxy groups -OCH3 is 2. The van der Waals surface area contributed by atoms with Gasteiger partial charge in [-0.05, 0) is 12.8 Å². The third-order valence-electron chi connectivity index (χ3n) is 5.91. The Labute approximate surface area is 191 Å². The molecule has 2 heterocycles. The van der Waals surface area contributed by atoms with Gasteiger partial charge in [-0.25, -0.2) is 0 Å². The Kier molecular flexibility index (Phi) is 12.8. The third-order valence-corrected chi connectivity index (χ3v) is 8.03. The summed E-state index contributed by atoms with van der Waals surface area (Å²) in [5.41, 5.74) is 7.26. The average Bonchev–Trinajstić information content (AvgIpc) is 3.26. The van der Waals surface area contributed by atoms with Gasteiger partial charge in [0.05, 0.1) is 13.2 Å². The zero-order chi connectivity index (χ0) is 21.6. The minimum atomic E-state index is 0.741. The predicted molar refractivity (Wildman–Crippen MR) is 126 cm³/mol. The summed E-state index contributed by atoms with van der Waals surface area (Å²) < 4.78 is 15.3. The molecule has 0 radical (unpaired) electrons. The molecule has 170 valence electrons. The van der Waals surface area contributed by atoms with Crippen molar-refractivity contribution in [3.8, 4) is 0 Å². The summed E-state index contributed by atoms with van der Waals surface area (Å²) in [6.07, 6.45) is 13.7. The van der Waals surface area contributed by atoms with Crippen LogP contribution in [0.15, 0.2) is 11.0 Å². The standard InChI is InChI=1S/C24H42N2O2S2/c1-21-23(17-27-3)29-19-25(21)15-13-11-9-7-5-6-8-10-12-14-16-26-20-30-24(18-28-4)22(26)2/h19-20H,5-18H2,1-4H3/q+2. The van der Waals surface area contributed by atoms with Crippen LogP contribution in [0.2, 0.25) is 0 Å². The van der Waals surface area contributed by atoms with Crippen LogP contribution in [0.5, 0.6) is 0 Å². The summed E-state index contributed by atoms with van der Waals surface area (Å²) in [7, 11) is 3.54. The van der Waals surface area contributed by atoms with Crippen LogP contribution in [0.1, 0.15) is 85.4 Å². The van der Waals surface area contributed by atoms with Gasteiger partial charge in [-0.15, -0.1) is 0 Å². The van der Waals surface area contributed by atoms with Crippen LogP contribution >= 0.6 is 22.7 Å². The highest BCUT2D eigenvalue weighted by Gasteiger charge is 2.15. The number of hydrogen-bond acceptors (Lipinski definition) is 4. The summed E-state index contributed by atoms with van der Waals surface area (Å²) >= 11 is 3.64. The van der Waals surface area contributed by atoms with Crippen LogP contribution in [0.25, 0.3) is 0 Å². The van der Waals surface area contributed by atoms with E-state index in [1.165, 1.54) is 85.4 Å². The minimum Gasteiger partial charge on any atom is -0.379 e. The third kappa shape index (κ3) is 8.74. The first-order valence-electron chi connectivity index (χ1n) is 11.6. The highest BCUT2D eigenvalue weighted by molar-refractivity contribution is 7.09. The van der Waals surface area contributed by atoms with E-state index >= 15 is 0 Å². The molecule has 2 aromatic heterocycles. The molecule has 0 aromatic carbocycles. The van der Waals surface area contributed by atoms with Crippen LogP contribution < -0.4 is 9.13 Å². The Morgan fingerprint density at radius 2 is 0.933 bits per heavy atom. The molecule has 6 heteroatoms. The molecule has 0 spiro atoms. The second kappa shape index (κ2) is 15.1. The fourth-order valence-electron chi connectivity index (χ4n) is 3.86. The van der Waals surface area contributed by atoms with Crippen LogP contribution in [0.3, 0.4) is 0 Å². The SMILES string of the molecule is COCc1sc[n+](CCCCCCCCCCCC[n+]2csc(COC)c2C)c1C. The maximum absolute atomic E-state index is 5.26. The van der Waals surface area contributed by atoms with Gasteiger partial charge in [0.15, 0.2) is 11.4 Å². The van der Waals surface area contributed by atoms with Gasteiger partial charge in [-0.2, -0.15) is 9.13 Å². The number of rotatable bonds is 17. The molecule has 0 atom stereocenters. The van der Waals surface area contributed by atoms with Gasteiger partial charge in [0.1, 0.15) is 22.8 Å². The topological polar surface area (TPSA) is 26.2 Å². The van der Waals surface area contributed by atoms with Crippen LogP contribution in [0, 0.1) is 13.8 Å². The molecule has 0 aliphatic rings. The molecule has 0 N–H and O–H groups in total. The monoisotopic (exact) mass is 454 g/mol. The van der Waals surface area contributed by atoms with Gasteiger partial charge >= 0.3 is 0 Å². The van der Waals surface area contributed by atoms with Crippen molar-refractivity contribution in [2.75, 3.05) is 14.2 Å². The molecular weight excluding hydrogens is 412 g/mol. The highest BCUT2D eigenvalue weighted by atomic mass is 32.1. The molecule has 0 saturated heterocycles. The van der Waals surface area contributed by atoms with Gasteiger partial charge in [-0.3, -0.25) is 0 Å². The Hall–Kier alpha value is -0.820. The van der Waals surface area contributed by atoms with Crippen molar-refractivity contribution in [1.82, 2.24) is 0 Å². The molecule has 0 saturated carbocycles. The van der Waals surface area contributed by atoms with E-state index in [1.807, 2.05) is 22.7 Å². The first-order chi connectivity index (χ1) is 14.7. The summed E-state index contributed by atoms with van der Waals surface area (Å²) in [6.45, 7) is 8.21. The summed E-state index contributed by atoms with van der Waals surface area (Å²) in [5, 5.41) is 0. The van der Waals surface area contributed by atoms with E-state index in [0.29, 0.717) is 0 Å². The number of unbranched alkanes of at least 4 members (excludes halogenated alkanes) is 9. The van der Waals surface area contributed by atoms with E-state index in [-0.39, 0.29) is 0 Å². The number of ether oxygens (including phenoxy) is 2. The normalized spacial score (nSPS) is 11.5. The summed E-state index contributed by atoms with van der Waals surface area (Å²) in [5.74, 6) is 0. The van der Waals surface area contributed by atoms with Gasteiger partial charge in [-0.1, -0.05) is 61.2 Å². The number of aromatic nitrogens is 2. The predicted octanol–water partition coefficient (Wildman–Crippen LogP) is 5.90. The average molecular weight is 455 g/mol. The van der Waals surface area contributed by atoms with Crippen molar-refractivity contribution < 1.29 is 18.6 Å². The van der Waals surface area contributed by atoms with E-state index in [2.05, 4.69) is 34.0 Å². The van der Waals surface area contributed by atoms with E-state index in [1.54, 1.807) is 14.2 Å². The van der Waals surface area contributed by atoms with Gasteiger partial charge in [0, 0.05) is 40.9 Å². The van der Waals surface area contributed by atoms with E-state index in [9.17, 15) is 0 Å². The van der Waals surface area contributed by atoms with Gasteiger partial charge in [0.25, 0.3) is 0 Å². The molecule has 0 aliphatic heterocycles. The summed E-state index contributed by atoms with van der Waals surface area (Å²) in [6, 6.07) is 0. The molecule has 4 nitrogen and oxygen atoms in total. The molecular formula is C24H42N2O2S2+2. The summed E-state index contributed by atoms with van der Waals surface area (Å²) in [4.78, 5) is 2.72. The first-order valence-corrected chi connectivity index (χ1v) is 13.3. The fraction of sp³-hybridized carbons (Fsp3) is 0.750.